The average molecular weight is 375 g/mol. The first-order valence-corrected chi connectivity index (χ1v) is 9.61. The number of nitrogens with two attached hydrogens (primary N) is 1. The lowest BCUT2D eigenvalue weighted by atomic mass is 9.90. The summed E-state index contributed by atoms with van der Waals surface area (Å²) < 4.78 is 28.3. The first-order chi connectivity index (χ1) is 9.90. The Kier molecular flexibility index (Phi) is 5.46. The van der Waals surface area contributed by atoms with Crippen LogP contribution in [0.2, 0.25) is 0 Å². The van der Waals surface area contributed by atoms with E-state index in [1.165, 1.54) is 0 Å². The van der Waals surface area contributed by atoms with Gasteiger partial charge in [-0.2, -0.15) is 4.31 Å². The Morgan fingerprint density at radius 3 is 2.76 bits per heavy atom. The predicted molar refractivity (Wildman–Crippen MR) is 88.6 cm³/mol. The SMILES string of the molecule is CCC1CCN(S(=O)(=O)c2cc(Br)ccc2C)C(CN)C1. The molecule has 0 radical (unpaired) electrons. The number of sulfonamides is 1. The van der Waals surface area contributed by atoms with Crippen LogP contribution in [-0.4, -0.2) is 31.9 Å². The molecule has 2 atom stereocenters. The molecule has 1 aromatic carbocycles. The number of rotatable bonds is 4. The Balaban J connectivity index is 2.36. The van der Waals surface area contributed by atoms with Crippen molar-refractivity contribution in [2.75, 3.05) is 13.1 Å². The molecule has 1 saturated heterocycles. The number of nitrogens with zero attached hydrogens (tertiary/aromatic N) is 1. The van der Waals surface area contributed by atoms with E-state index >= 15 is 0 Å². The summed E-state index contributed by atoms with van der Waals surface area (Å²) >= 11 is 3.36. The number of hydrogen-bond donors (Lipinski definition) is 1. The third-order valence-electron chi connectivity index (χ3n) is 4.36. The fraction of sp³-hybridized carbons (Fsp3) is 0.600. The minimum absolute atomic E-state index is 0.0907. The molecule has 0 spiro atoms. The number of aryl methyl sites for hydroxylation is 1. The van der Waals surface area contributed by atoms with Gasteiger partial charge in [-0.25, -0.2) is 8.42 Å². The molecule has 0 bridgehead atoms. The van der Waals surface area contributed by atoms with Crippen molar-refractivity contribution in [3.8, 4) is 0 Å². The van der Waals surface area contributed by atoms with Crippen molar-refractivity contribution < 1.29 is 8.42 Å². The van der Waals surface area contributed by atoms with Crippen LogP contribution in [0.25, 0.3) is 0 Å². The number of hydrogen-bond acceptors (Lipinski definition) is 3. The maximum Gasteiger partial charge on any atom is 0.243 e. The van der Waals surface area contributed by atoms with Crippen LogP contribution in [0.3, 0.4) is 0 Å². The van der Waals surface area contributed by atoms with E-state index in [0.29, 0.717) is 23.9 Å². The third-order valence-corrected chi connectivity index (χ3v) is 6.94. The van der Waals surface area contributed by atoms with E-state index in [4.69, 9.17) is 5.73 Å². The van der Waals surface area contributed by atoms with Gasteiger partial charge in [-0.05, 0) is 43.4 Å². The molecule has 0 saturated carbocycles. The molecular formula is C15H23BrN2O2S. The van der Waals surface area contributed by atoms with E-state index in [-0.39, 0.29) is 6.04 Å². The lowest BCUT2D eigenvalue weighted by Gasteiger charge is -2.38. The molecule has 1 aliphatic rings. The molecule has 21 heavy (non-hydrogen) atoms. The second-order valence-electron chi connectivity index (χ2n) is 5.71. The van der Waals surface area contributed by atoms with Gasteiger partial charge in [0.05, 0.1) is 4.90 Å². The first-order valence-electron chi connectivity index (χ1n) is 7.38. The minimum Gasteiger partial charge on any atom is -0.329 e. The second-order valence-corrected chi connectivity index (χ2v) is 8.49. The van der Waals surface area contributed by atoms with E-state index in [0.717, 1.165) is 29.3 Å². The van der Waals surface area contributed by atoms with Crippen molar-refractivity contribution in [3.05, 3.63) is 28.2 Å². The first kappa shape index (κ1) is 16.9. The summed E-state index contributed by atoms with van der Waals surface area (Å²) in [5, 5.41) is 0. The zero-order valence-electron chi connectivity index (χ0n) is 12.5. The summed E-state index contributed by atoms with van der Waals surface area (Å²) in [6.45, 7) is 4.92. The standard InChI is InChI=1S/C15H23BrN2O2S/c1-3-12-6-7-18(14(8-12)10-17)21(19,20)15-9-13(16)5-4-11(15)2/h4-5,9,12,14H,3,6-8,10,17H2,1-2H3. The van der Waals surface area contributed by atoms with Gasteiger partial charge in [0.2, 0.25) is 10.0 Å². The largest absolute Gasteiger partial charge is 0.329 e. The molecule has 118 valence electrons. The molecular weight excluding hydrogens is 352 g/mol. The highest BCUT2D eigenvalue weighted by Crippen LogP contribution is 2.31. The van der Waals surface area contributed by atoms with Crippen LogP contribution in [0.4, 0.5) is 0 Å². The summed E-state index contributed by atoms with van der Waals surface area (Å²) in [6, 6.07) is 5.28. The van der Waals surface area contributed by atoms with Crippen molar-refractivity contribution in [1.82, 2.24) is 4.31 Å². The lowest BCUT2D eigenvalue weighted by Crippen LogP contribution is -2.49. The summed E-state index contributed by atoms with van der Waals surface area (Å²) in [5.41, 5.74) is 6.61. The topological polar surface area (TPSA) is 63.4 Å². The van der Waals surface area contributed by atoms with E-state index in [2.05, 4.69) is 22.9 Å². The van der Waals surface area contributed by atoms with Crippen LogP contribution in [0.15, 0.2) is 27.6 Å². The van der Waals surface area contributed by atoms with Crippen molar-refractivity contribution in [2.24, 2.45) is 11.7 Å². The molecule has 2 N–H and O–H groups in total. The van der Waals surface area contributed by atoms with E-state index < -0.39 is 10.0 Å². The van der Waals surface area contributed by atoms with Crippen molar-refractivity contribution in [2.45, 2.75) is 44.0 Å². The highest BCUT2D eigenvalue weighted by atomic mass is 79.9. The maximum atomic E-state index is 13.0. The predicted octanol–water partition coefficient (Wildman–Crippen LogP) is 2.90. The Morgan fingerprint density at radius 2 is 2.14 bits per heavy atom. The smallest absolute Gasteiger partial charge is 0.243 e. The molecule has 4 nitrogen and oxygen atoms in total. The molecule has 0 amide bonds. The zero-order chi connectivity index (χ0) is 15.6. The monoisotopic (exact) mass is 374 g/mol. The van der Waals surface area contributed by atoms with Crippen LogP contribution in [0.5, 0.6) is 0 Å². The molecule has 1 heterocycles. The fourth-order valence-electron chi connectivity index (χ4n) is 2.99. The highest BCUT2D eigenvalue weighted by molar-refractivity contribution is 9.10. The minimum atomic E-state index is -3.48. The van der Waals surface area contributed by atoms with Gasteiger partial charge in [0.15, 0.2) is 0 Å². The van der Waals surface area contributed by atoms with Crippen LogP contribution in [0, 0.1) is 12.8 Å². The molecule has 6 heteroatoms. The molecule has 0 aliphatic carbocycles. The molecule has 1 aliphatic heterocycles. The van der Waals surface area contributed by atoms with Gasteiger partial charge in [0.25, 0.3) is 0 Å². The van der Waals surface area contributed by atoms with Crippen LogP contribution < -0.4 is 5.73 Å². The Hall–Kier alpha value is -0.430. The summed E-state index contributed by atoms with van der Waals surface area (Å²) in [7, 11) is -3.48. The van der Waals surface area contributed by atoms with E-state index in [9.17, 15) is 8.42 Å². The summed E-state index contributed by atoms with van der Waals surface area (Å²) in [6.07, 6.45) is 2.86. The van der Waals surface area contributed by atoms with Crippen molar-refractivity contribution in [1.29, 1.82) is 0 Å². The number of benzene rings is 1. The third kappa shape index (κ3) is 3.50. The Labute approximate surface area is 135 Å². The molecule has 1 aromatic rings. The van der Waals surface area contributed by atoms with Gasteiger partial charge in [0, 0.05) is 23.6 Å². The molecule has 2 unspecified atom stereocenters. The van der Waals surface area contributed by atoms with Crippen molar-refractivity contribution >= 4 is 26.0 Å². The highest BCUT2D eigenvalue weighted by Gasteiger charge is 2.36. The van der Waals surface area contributed by atoms with Gasteiger partial charge >= 0.3 is 0 Å². The van der Waals surface area contributed by atoms with Gasteiger partial charge < -0.3 is 5.73 Å². The normalized spacial score (nSPS) is 24.2. The average Bonchev–Trinajstić information content (AvgIpc) is 2.48. The Bertz CT molecular complexity index is 604. The Morgan fingerprint density at radius 1 is 1.43 bits per heavy atom. The molecule has 0 aromatic heterocycles. The maximum absolute atomic E-state index is 13.0. The number of piperidine rings is 1. The van der Waals surface area contributed by atoms with Crippen LogP contribution >= 0.6 is 15.9 Å². The van der Waals surface area contributed by atoms with E-state index in [1.54, 1.807) is 10.4 Å². The number of halogens is 1. The summed E-state index contributed by atoms with van der Waals surface area (Å²) in [4.78, 5) is 0.380. The van der Waals surface area contributed by atoms with Gasteiger partial charge in [0.1, 0.15) is 0 Å². The molecule has 1 fully saturated rings. The fourth-order valence-corrected chi connectivity index (χ4v) is 5.42. The second kappa shape index (κ2) is 6.77. The quantitative estimate of drug-likeness (QED) is 0.880. The molecule has 2 rings (SSSR count). The van der Waals surface area contributed by atoms with Gasteiger partial charge in [-0.3, -0.25) is 0 Å². The zero-order valence-corrected chi connectivity index (χ0v) is 15.0. The lowest BCUT2D eigenvalue weighted by molar-refractivity contribution is 0.197. The van der Waals surface area contributed by atoms with Crippen LogP contribution in [0.1, 0.15) is 31.7 Å². The van der Waals surface area contributed by atoms with Gasteiger partial charge in [-0.15, -0.1) is 0 Å². The van der Waals surface area contributed by atoms with Crippen LogP contribution in [-0.2, 0) is 10.0 Å². The van der Waals surface area contributed by atoms with Crippen molar-refractivity contribution in [3.63, 3.8) is 0 Å². The summed E-state index contributed by atoms with van der Waals surface area (Å²) in [5.74, 6) is 0.577. The van der Waals surface area contributed by atoms with E-state index in [1.807, 2.05) is 19.1 Å². The van der Waals surface area contributed by atoms with Gasteiger partial charge in [-0.1, -0.05) is 35.3 Å².